The van der Waals surface area contributed by atoms with Gasteiger partial charge < -0.3 is 10.6 Å². The zero-order chi connectivity index (χ0) is 14.8. The van der Waals surface area contributed by atoms with Gasteiger partial charge in [-0.05, 0) is 30.9 Å². The maximum Gasteiger partial charge on any atom is 0.277 e. The second-order valence-electron chi connectivity index (χ2n) is 5.26. The molecule has 3 heterocycles. The van der Waals surface area contributed by atoms with Crippen LogP contribution in [0.25, 0.3) is 0 Å². The fraction of sp³-hybridized carbons (Fsp3) is 0.400. The Morgan fingerprint density at radius 1 is 1.57 bits per heavy atom. The molecular weight excluding hydrogens is 266 g/mol. The summed E-state index contributed by atoms with van der Waals surface area (Å²) in [5, 5.41) is 6.95. The Labute approximate surface area is 123 Å². The molecule has 21 heavy (non-hydrogen) atoms. The van der Waals surface area contributed by atoms with Gasteiger partial charge in [0.25, 0.3) is 5.91 Å². The SMILES string of the molecule is CCc1[nH]nc(C(=O)N2CCCC2c2cccnc2)c1N. The van der Waals surface area contributed by atoms with E-state index in [1.165, 1.54) is 0 Å². The number of nitrogens with two attached hydrogens (primary N) is 1. The van der Waals surface area contributed by atoms with Gasteiger partial charge in [0.1, 0.15) is 0 Å². The molecule has 6 heteroatoms. The lowest BCUT2D eigenvalue weighted by atomic mass is 10.1. The van der Waals surface area contributed by atoms with Crippen molar-refractivity contribution < 1.29 is 4.79 Å². The first-order valence-electron chi connectivity index (χ1n) is 7.26. The molecule has 1 amide bonds. The molecule has 1 aliphatic rings. The summed E-state index contributed by atoms with van der Waals surface area (Å²) in [6.45, 7) is 2.71. The van der Waals surface area contributed by atoms with Crippen molar-refractivity contribution in [3.05, 3.63) is 41.5 Å². The molecule has 2 aromatic heterocycles. The van der Waals surface area contributed by atoms with Crippen LogP contribution < -0.4 is 5.73 Å². The number of nitrogens with zero attached hydrogens (tertiary/aromatic N) is 3. The monoisotopic (exact) mass is 285 g/mol. The number of amides is 1. The van der Waals surface area contributed by atoms with Gasteiger partial charge in [0.15, 0.2) is 5.69 Å². The van der Waals surface area contributed by atoms with Crippen molar-refractivity contribution in [3.63, 3.8) is 0 Å². The molecule has 1 atom stereocenters. The van der Waals surface area contributed by atoms with Crippen molar-refractivity contribution in [2.24, 2.45) is 0 Å². The lowest BCUT2D eigenvalue weighted by Crippen LogP contribution is -2.31. The van der Waals surface area contributed by atoms with Crippen LogP contribution in [0.15, 0.2) is 24.5 Å². The Balaban J connectivity index is 1.88. The van der Waals surface area contributed by atoms with E-state index >= 15 is 0 Å². The molecule has 3 N–H and O–H groups in total. The zero-order valence-electron chi connectivity index (χ0n) is 12.0. The van der Waals surface area contributed by atoms with Gasteiger partial charge in [0.2, 0.25) is 0 Å². The van der Waals surface area contributed by atoms with Crippen molar-refractivity contribution >= 4 is 11.6 Å². The van der Waals surface area contributed by atoms with Crippen LogP contribution in [0.5, 0.6) is 0 Å². The van der Waals surface area contributed by atoms with Gasteiger partial charge in [-0.1, -0.05) is 13.0 Å². The third kappa shape index (κ3) is 2.37. The lowest BCUT2D eigenvalue weighted by Gasteiger charge is -2.24. The summed E-state index contributed by atoms with van der Waals surface area (Å²) in [7, 11) is 0. The Morgan fingerprint density at radius 2 is 2.43 bits per heavy atom. The molecule has 0 bridgehead atoms. The summed E-state index contributed by atoms with van der Waals surface area (Å²) >= 11 is 0. The molecule has 0 aromatic carbocycles. The van der Waals surface area contributed by atoms with Crippen LogP contribution in [-0.2, 0) is 6.42 Å². The lowest BCUT2D eigenvalue weighted by molar-refractivity contribution is 0.0730. The zero-order valence-corrected chi connectivity index (χ0v) is 12.0. The van der Waals surface area contributed by atoms with E-state index in [1.807, 2.05) is 30.2 Å². The number of pyridine rings is 1. The van der Waals surface area contributed by atoms with Crippen molar-refractivity contribution in [1.82, 2.24) is 20.1 Å². The van der Waals surface area contributed by atoms with E-state index in [0.717, 1.165) is 37.1 Å². The molecular formula is C15H19N5O. The number of rotatable bonds is 3. The highest BCUT2D eigenvalue weighted by atomic mass is 16.2. The predicted octanol–water partition coefficient (Wildman–Crippen LogP) is 1.93. The average molecular weight is 285 g/mol. The number of carbonyl (C=O) groups excluding carboxylic acids is 1. The van der Waals surface area contributed by atoms with E-state index in [1.54, 1.807) is 6.20 Å². The van der Waals surface area contributed by atoms with Gasteiger partial charge in [0.05, 0.1) is 17.4 Å². The molecule has 110 valence electrons. The summed E-state index contributed by atoms with van der Waals surface area (Å²) in [5.41, 5.74) is 8.70. The summed E-state index contributed by atoms with van der Waals surface area (Å²) in [6, 6.07) is 3.97. The van der Waals surface area contributed by atoms with Gasteiger partial charge >= 0.3 is 0 Å². The summed E-state index contributed by atoms with van der Waals surface area (Å²) in [4.78, 5) is 18.7. The molecule has 1 unspecified atom stereocenters. The van der Waals surface area contributed by atoms with Crippen molar-refractivity contribution in [2.75, 3.05) is 12.3 Å². The van der Waals surface area contributed by atoms with Gasteiger partial charge in [-0.25, -0.2) is 0 Å². The van der Waals surface area contributed by atoms with Crippen LogP contribution in [0, 0.1) is 0 Å². The van der Waals surface area contributed by atoms with E-state index in [-0.39, 0.29) is 11.9 Å². The summed E-state index contributed by atoms with van der Waals surface area (Å²) in [6.07, 6.45) is 6.22. The third-order valence-corrected chi connectivity index (χ3v) is 4.02. The van der Waals surface area contributed by atoms with Crippen molar-refractivity contribution in [3.8, 4) is 0 Å². The maximum atomic E-state index is 12.7. The molecule has 1 saturated heterocycles. The topological polar surface area (TPSA) is 87.9 Å². The van der Waals surface area contributed by atoms with Crippen LogP contribution in [-0.4, -0.2) is 32.5 Å². The smallest absolute Gasteiger partial charge is 0.277 e. The van der Waals surface area contributed by atoms with Crippen molar-refractivity contribution in [2.45, 2.75) is 32.2 Å². The Hall–Kier alpha value is -2.37. The van der Waals surface area contributed by atoms with Crippen molar-refractivity contribution in [1.29, 1.82) is 0 Å². The Morgan fingerprint density at radius 3 is 3.10 bits per heavy atom. The molecule has 2 aromatic rings. The number of hydrogen-bond acceptors (Lipinski definition) is 4. The number of H-pyrrole nitrogens is 1. The van der Waals surface area contributed by atoms with Gasteiger partial charge in [-0.3, -0.25) is 14.9 Å². The van der Waals surface area contributed by atoms with Crippen LogP contribution in [0.4, 0.5) is 5.69 Å². The molecule has 1 fully saturated rings. The van der Waals surface area contributed by atoms with Gasteiger partial charge in [-0.15, -0.1) is 0 Å². The summed E-state index contributed by atoms with van der Waals surface area (Å²) in [5.74, 6) is -0.102. The minimum absolute atomic E-state index is 0.0624. The number of nitrogens with one attached hydrogen (secondary N) is 1. The average Bonchev–Trinajstić information content (AvgIpc) is 3.14. The number of aromatic amines is 1. The van der Waals surface area contributed by atoms with E-state index in [0.29, 0.717) is 11.4 Å². The van der Waals surface area contributed by atoms with Gasteiger partial charge in [-0.2, -0.15) is 5.10 Å². The largest absolute Gasteiger partial charge is 0.395 e. The van der Waals surface area contributed by atoms with Crippen LogP contribution in [0.1, 0.15) is 47.6 Å². The normalized spacial score (nSPS) is 18.1. The number of aromatic nitrogens is 3. The molecule has 0 aliphatic carbocycles. The van der Waals surface area contributed by atoms with Gasteiger partial charge in [0, 0.05) is 18.9 Å². The standard InChI is InChI=1S/C15H19N5O/c1-2-11-13(16)14(19-18-11)15(21)20-8-4-6-12(20)10-5-3-7-17-9-10/h3,5,7,9,12H,2,4,6,8,16H2,1H3,(H,18,19). The van der Waals surface area contributed by atoms with Crippen LogP contribution >= 0.6 is 0 Å². The Bertz CT molecular complexity index is 637. The Kier molecular flexibility index (Phi) is 3.60. The summed E-state index contributed by atoms with van der Waals surface area (Å²) < 4.78 is 0. The quantitative estimate of drug-likeness (QED) is 0.902. The highest BCUT2D eigenvalue weighted by Crippen LogP contribution is 2.33. The number of anilines is 1. The highest BCUT2D eigenvalue weighted by molar-refractivity contribution is 5.98. The predicted molar refractivity (Wildman–Crippen MR) is 79.6 cm³/mol. The number of nitrogen functional groups attached to an aromatic ring is 1. The second-order valence-corrected chi connectivity index (χ2v) is 5.26. The molecule has 0 radical (unpaired) electrons. The minimum Gasteiger partial charge on any atom is -0.395 e. The highest BCUT2D eigenvalue weighted by Gasteiger charge is 2.33. The van der Waals surface area contributed by atoms with E-state index in [9.17, 15) is 4.79 Å². The minimum atomic E-state index is -0.102. The van der Waals surface area contributed by atoms with E-state index in [4.69, 9.17) is 5.73 Å². The fourth-order valence-electron chi connectivity index (χ4n) is 2.88. The third-order valence-electron chi connectivity index (χ3n) is 4.02. The molecule has 6 nitrogen and oxygen atoms in total. The molecule has 3 rings (SSSR count). The first kappa shape index (κ1) is 13.6. The first-order chi connectivity index (χ1) is 10.2. The van der Waals surface area contributed by atoms with Crippen LogP contribution in [0.3, 0.4) is 0 Å². The number of carbonyl (C=O) groups is 1. The fourth-order valence-corrected chi connectivity index (χ4v) is 2.88. The van der Waals surface area contributed by atoms with E-state index in [2.05, 4.69) is 15.2 Å². The number of likely N-dealkylation sites (tertiary alicyclic amines) is 1. The van der Waals surface area contributed by atoms with E-state index < -0.39 is 0 Å². The maximum absolute atomic E-state index is 12.7. The molecule has 0 saturated carbocycles. The second kappa shape index (κ2) is 5.55. The molecule has 1 aliphatic heterocycles. The molecule has 0 spiro atoms. The number of hydrogen-bond donors (Lipinski definition) is 2. The number of aryl methyl sites for hydroxylation is 1. The first-order valence-corrected chi connectivity index (χ1v) is 7.26. The van der Waals surface area contributed by atoms with Crippen LogP contribution in [0.2, 0.25) is 0 Å².